The van der Waals surface area contributed by atoms with Gasteiger partial charge in [-0.3, -0.25) is 18.9 Å². The number of nitrogens with zero attached hydrogens (tertiary/aromatic N) is 4. The fourth-order valence-electron chi connectivity index (χ4n) is 3.24. The van der Waals surface area contributed by atoms with Gasteiger partial charge in [0.25, 0.3) is 11.5 Å². The minimum absolute atomic E-state index is 0.189. The maximum absolute atomic E-state index is 13.3. The summed E-state index contributed by atoms with van der Waals surface area (Å²) in [5.41, 5.74) is 0.828. The third-order valence-corrected chi connectivity index (χ3v) is 7.05. The number of thiocarbonyl (C=S) groups is 1. The third kappa shape index (κ3) is 4.07. The zero-order chi connectivity index (χ0) is 20.4. The molecular weight excluding hydrogens is 428 g/mol. The van der Waals surface area contributed by atoms with Crippen LogP contribution in [0, 0.1) is 0 Å². The van der Waals surface area contributed by atoms with Gasteiger partial charge in [0.05, 0.1) is 23.6 Å². The summed E-state index contributed by atoms with van der Waals surface area (Å²) in [5, 5.41) is 0. The van der Waals surface area contributed by atoms with Crippen molar-refractivity contribution in [2.45, 2.75) is 0 Å². The van der Waals surface area contributed by atoms with E-state index in [0.29, 0.717) is 39.4 Å². The lowest BCUT2D eigenvalue weighted by Crippen LogP contribution is -2.36. The van der Waals surface area contributed by atoms with Crippen molar-refractivity contribution < 1.29 is 9.53 Å². The van der Waals surface area contributed by atoms with E-state index in [1.54, 1.807) is 25.4 Å². The van der Waals surface area contributed by atoms with Gasteiger partial charge in [-0.2, -0.15) is 11.8 Å². The monoisotopic (exact) mass is 448 g/mol. The standard InChI is InChI=1S/C19H20N4O3S3/c1-26-9-6-23-18(25)14(29-19(23)27)12-13-16(21-7-10-28-11-8-21)20-15-4-2-3-5-22(15)17(13)24/h2-5,12H,6-11H2,1H3/b14-12+. The van der Waals surface area contributed by atoms with E-state index >= 15 is 0 Å². The Morgan fingerprint density at radius 1 is 1.28 bits per heavy atom. The van der Waals surface area contributed by atoms with Gasteiger partial charge < -0.3 is 9.64 Å². The van der Waals surface area contributed by atoms with Gasteiger partial charge in [0.15, 0.2) is 0 Å². The van der Waals surface area contributed by atoms with E-state index in [2.05, 4.69) is 4.90 Å². The molecule has 152 valence electrons. The van der Waals surface area contributed by atoms with Crippen LogP contribution in [0.25, 0.3) is 11.7 Å². The third-order valence-electron chi connectivity index (χ3n) is 4.73. The molecule has 4 heterocycles. The van der Waals surface area contributed by atoms with Gasteiger partial charge in [-0.15, -0.1) is 0 Å². The molecule has 29 heavy (non-hydrogen) atoms. The summed E-state index contributed by atoms with van der Waals surface area (Å²) < 4.78 is 7.05. The zero-order valence-corrected chi connectivity index (χ0v) is 18.3. The SMILES string of the molecule is COCCN1C(=O)/C(=C\c2c(N3CCSCC3)nc3ccccn3c2=O)SC1=S. The second-order valence-corrected chi connectivity index (χ2v) is 9.41. The van der Waals surface area contributed by atoms with E-state index in [9.17, 15) is 9.59 Å². The molecule has 0 spiro atoms. The van der Waals surface area contributed by atoms with Gasteiger partial charge in [0.2, 0.25) is 0 Å². The first kappa shape index (κ1) is 20.4. The summed E-state index contributed by atoms with van der Waals surface area (Å²) in [6.07, 6.45) is 3.35. The number of hydrogen-bond acceptors (Lipinski definition) is 8. The van der Waals surface area contributed by atoms with Crippen molar-refractivity contribution in [1.82, 2.24) is 14.3 Å². The molecule has 0 N–H and O–H groups in total. The van der Waals surface area contributed by atoms with Crippen LogP contribution >= 0.6 is 35.7 Å². The molecule has 0 aliphatic carbocycles. The second-order valence-electron chi connectivity index (χ2n) is 6.51. The number of anilines is 1. The summed E-state index contributed by atoms with van der Waals surface area (Å²) in [5.74, 6) is 2.39. The average molecular weight is 449 g/mol. The largest absolute Gasteiger partial charge is 0.383 e. The number of hydrogen-bond donors (Lipinski definition) is 0. The van der Waals surface area contributed by atoms with E-state index in [-0.39, 0.29) is 11.5 Å². The lowest BCUT2D eigenvalue weighted by molar-refractivity contribution is -0.122. The maximum atomic E-state index is 13.3. The van der Waals surface area contributed by atoms with Crippen molar-refractivity contribution in [3.05, 3.63) is 45.2 Å². The maximum Gasteiger partial charge on any atom is 0.267 e. The lowest BCUT2D eigenvalue weighted by atomic mass is 10.2. The molecule has 10 heteroatoms. The Labute approximate surface area is 182 Å². The molecule has 2 aliphatic heterocycles. The topological polar surface area (TPSA) is 67.2 Å². The molecular formula is C19H20N4O3S3. The van der Waals surface area contributed by atoms with Crippen LogP contribution < -0.4 is 10.5 Å². The number of thioether (sulfide) groups is 2. The first-order valence-electron chi connectivity index (χ1n) is 9.18. The number of pyridine rings is 1. The fourth-order valence-corrected chi connectivity index (χ4v) is 5.43. The number of fused-ring (bicyclic) bond motifs is 1. The van der Waals surface area contributed by atoms with Crippen LogP contribution in [-0.2, 0) is 9.53 Å². The van der Waals surface area contributed by atoms with E-state index in [4.69, 9.17) is 21.9 Å². The smallest absolute Gasteiger partial charge is 0.267 e. The second kappa shape index (κ2) is 8.86. The molecule has 2 aromatic rings. The highest BCUT2D eigenvalue weighted by atomic mass is 32.2. The molecule has 0 saturated carbocycles. The van der Waals surface area contributed by atoms with E-state index < -0.39 is 0 Å². The Hall–Kier alpha value is -1.88. The van der Waals surface area contributed by atoms with Gasteiger partial charge in [-0.1, -0.05) is 30.0 Å². The van der Waals surface area contributed by atoms with Crippen molar-refractivity contribution >= 4 is 63.5 Å². The molecule has 0 radical (unpaired) electrons. The van der Waals surface area contributed by atoms with Crippen molar-refractivity contribution in [2.24, 2.45) is 0 Å². The molecule has 0 atom stereocenters. The van der Waals surface area contributed by atoms with Crippen LogP contribution in [0.5, 0.6) is 0 Å². The molecule has 2 aliphatic rings. The molecule has 2 aromatic heterocycles. The highest BCUT2D eigenvalue weighted by Gasteiger charge is 2.32. The van der Waals surface area contributed by atoms with Gasteiger partial charge in [-0.05, 0) is 18.2 Å². The Balaban J connectivity index is 1.81. The summed E-state index contributed by atoms with van der Waals surface area (Å²) in [6, 6.07) is 5.47. The van der Waals surface area contributed by atoms with Crippen LogP contribution in [0.15, 0.2) is 34.1 Å². The number of methoxy groups -OCH3 is 1. The van der Waals surface area contributed by atoms with E-state index in [1.165, 1.54) is 21.1 Å². The predicted octanol–water partition coefficient (Wildman–Crippen LogP) is 2.10. The number of rotatable bonds is 5. The highest BCUT2D eigenvalue weighted by Crippen LogP contribution is 2.33. The number of aromatic nitrogens is 2. The minimum atomic E-state index is -0.199. The van der Waals surface area contributed by atoms with Crippen LogP contribution in [-0.4, -0.2) is 69.4 Å². The summed E-state index contributed by atoms with van der Waals surface area (Å²) >= 11 is 8.45. The minimum Gasteiger partial charge on any atom is -0.383 e. The summed E-state index contributed by atoms with van der Waals surface area (Å²) in [7, 11) is 1.58. The van der Waals surface area contributed by atoms with Crippen molar-refractivity contribution in [3.8, 4) is 0 Å². The van der Waals surface area contributed by atoms with Gasteiger partial charge in [0, 0.05) is 37.9 Å². The predicted molar refractivity (Wildman–Crippen MR) is 123 cm³/mol. The molecule has 2 fully saturated rings. The van der Waals surface area contributed by atoms with E-state index in [1.807, 2.05) is 23.9 Å². The van der Waals surface area contributed by atoms with Crippen LogP contribution in [0.4, 0.5) is 5.82 Å². The number of carbonyl (C=O) groups excluding carboxylic acids is 1. The highest BCUT2D eigenvalue weighted by molar-refractivity contribution is 8.26. The summed E-state index contributed by atoms with van der Waals surface area (Å²) in [6.45, 7) is 2.42. The molecule has 4 rings (SSSR count). The molecule has 7 nitrogen and oxygen atoms in total. The molecule has 0 bridgehead atoms. The van der Waals surface area contributed by atoms with Crippen molar-refractivity contribution in [3.63, 3.8) is 0 Å². The molecule has 0 unspecified atom stereocenters. The van der Waals surface area contributed by atoms with Crippen LogP contribution in [0.1, 0.15) is 5.56 Å². The molecule has 0 aromatic carbocycles. The van der Waals surface area contributed by atoms with Crippen LogP contribution in [0.3, 0.4) is 0 Å². The Kier molecular flexibility index (Phi) is 6.23. The Morgan fingerprint density at radius 3 is 2.83 bits per heavy atom. The van der Waals surface area contributed by atoms with Gasteiger partial charge in [-0.25, -0.2) is 4.98 Å². The van der Waals surface area contributed by atoms with Gasteiger partial charge in [0.1, 0.15) is 15.8 Å². The van der Waals surface area contributed by atoms with E-state index in [0.717, 1.165) is 24.6 Å². The fraction of sp³-hybridized carbons (Fsp3) is 0.368. The van der Waals surface area contributed by atoms with Gasteiger partial charge >= 0.3 is 0 Å². The van der Waals surface area contributed by atoms with Crippen molar-refractivity contribution in [1.29, 1.82) is 0 Å². The molecule has 2 saturated heterocycles. The Bertz CT molecular complexity index is 1050. The quantitative estimate of drug-likeness (QED) is 0.509. The van der Waals surface area contributed by atoms with Crippen molar-refractivity contribution in [2.75, 3.05) is 49.8 Å². The first-order valence-corrected chi connectivity index (χ1v) is 11.6. The van der Waals surface area contributed by atoms with Crippen LogP contribution in [0.2, 0.25) is 0 Å². The number of ether oxygens (including phenoxy) is 1. The number of amides is 1. The number of carbonyl (C=O) groups is 1. The summed E-state index contributed by atoms with van der Waals surface area (Å²) in [4.78, 5) is 35.0. The average Bonchev–Trinajstić information content (AvgIpc) is 3.01. The normalized spacial score (nSPS) is 19.0. The molecule has 1 amide bonds. The lowest BCUT2D eigenvalue weighted by Gasteiger charge is -2.28. The Morgan fingerprint density at radius 2 is 2.07 bits per heavy atom. The zero-order valence-electron chi connectivity index (χ0n) is 15.9. The first-order chi connectivity index (χ1) is 14.1.